The van der Waals surface area contributed by atoms with E-state index in [1.807, 2.05) is 25.1 Å². The molecule has 1 heterocycles. The summed E-state index contributed by atoms with van der Waals surface area (Å²) in [7, 11) is 0. The average Bonchev–Trinajstić information content (AvgIpc) is 2.68. The minimum atomic E-state index is -0.0905. The van der Waals surface area contributed by atoms with Crippen molar-refractivity contribution in [3.05, 3.63) is 75.9 Å². The largest absolute Gasteiger partial charge is 0.397 e. The fraction of sp³-hybridized carbons (Fsp3) is 0.182. The van der Waals surface area contributed by atoms with Gasteiger partial charge >= 0.3 is 0 Å². The lowest BCUT2D eigenvalue weighted by Gasteiger charge is -2.39. The van der Waals surface area contributed by atoms with E-state index in [2.05, 4.69) is 6.07 Å². The van der Waals surface area contributed by atoms with Crippen molar-refractivity contribution in [1.82, 2.24) is 4.90 Å². The van der Waals surface area contributed by atoms with E-state index in [4.69, 9.17) is 21.7 Å². The second-order valence-electron chi connectivity index (χ2n) is 6.75. The molecule has 3 rings (SSSR count). The van der Waals surface area contributed by atoms with Crippen molar-refractivity contribution in [3.8, 4) is 12.1 Å². The predicted molar refractivity (Wildman–Crippen MR) is 106 cm³/mol. The van der Waals surface area contributed by atoms with Gasteiger partial charge in [0.25, 0.3) is 5.91 Å². The molecule has 1 aliphatic rings. The van der Waals surface area contributed by atoms with E-state index in [9.17, 15) is 4.79 Å². The molecule has 3 N–H and O–H groups in total. The molecular weight excluding hydrogens is 350 g/mol. The van der Waals surface area contributed by atoms with E-state index in [0.29, 0.717) is 29.8 Å². The third-order valence-corrected chi connectivity index (χ3v) is 5.01. The third kappa shape index (κ3) is 3.49. The number of nitrogens with zero attached hydrogens (tertiary/aromatic N) is 3. The first-order valence-corrected chi connectivity index (χ1v) is 8.79. The Bertz CT molecular complexity index is 1050. The van der Waals surface area contributed by atoms with Crippen LogP contribution in [-0.4, -0.2) is 30.1 Å². The van der Waals surface area contributed by atoms with Crippen LogP contribution in [0, 0.1) is 35.0 Å². The van der Waals surface area contributed by atoms with Crippen molar-refractivity contribution in [2.24, 2.45) is 5.73 Å². The van der Waals surface area contributed by atoms with Gasteiger partial charge in [0.1, 0.15) is 6.07 Å². The van der Waals surface area contributed by atoms with Crippen LogP contribution in [0.15, 0.2) is 48.0 Å². The van der Waals surface area contributed by atoms with Crippen LogP contribution in [0.4, 0.5) is 0 Å². The number of carbonyl (C=O) groups excluding carboxylic acids is 1. The second-order valence-corrected chi connectivity index (χ2v) is 6.75. The van der Waals surface area contributed by atoms with Gasteiger partial charge in [0, 0.05) is 36.3 Å². The number of nitrogens with two attached hydrogens (primary N) is 1. The van der Waals surface area contributed by atoms with Gasteiger partial charge in [-0.25, -0.2) is 0 Å². The summed E-state index contributed by atoms with van der Waals surface area (Å²) in [5.41, 5.74) is 9.97. The highest BCUT2D eigenvalue weighted by Crippen LogP contribution is 2.29. The number of carbonyl (C=O) groups is 1. The van der Waals surface area contributed by atoms with Crippen molar-refractivity contribution in [2.45, 2.75) is 12.8 Å². The van der Waals surface area contributed by atoms with Gasteiger partial charge < -0.3 is 16.0 Å². The molecule has 1 saturated heterocycles. The van der Waals surface area contributed by atoms with Crippen molar-refractivity contribution >= 4 is 17.8 Å². The van der Waals surface area contributed by atoms with Crippen molar-refractivity contribution in [3.63, 3.8) is 0 Å². The van der Waals surface area contributed by atoms with E-state index in [1.54, 1.807) is 35.2 Å². The van der Waals surface area contributed by atoms with E-state index >= 15 is 0 Å². The van der Waals surface area contributed by atoms with E-state index in [0.717, 1.165) is 17.3 Å². The molecule has 138 valence electrons. The van der Waals surface area contributed by atoms with Crippen LogP contribution < -0.4 is 5.73 Å². The predicted octanol–water partition coefficient (Wildman–Crippen LogP) is 2.95. The van der Waals surface area contributed by atoms with Gasteiger partial charge in [-0.1, -0.05) is 18.2 Å². The molecule has 28 heavy (non-hydrogen) atoms. The molecule has 1 aliphatic heterocycles. The van der Waals surface area contributed by atoms with Crippen LogP contribution >= 0.6 is 0 Å². The zero-order valence-electron chi connectivity index (χ0n) is 15.4. The lowest BCUT2D eigenvalue weighted by atomic mass is 9.90. The zero-order chi connectivity index (χ0) is 20.3. The van der Waals surface area contributed by atoms with Crippen LogP contribution in [0.1, 0.15) is 38.5 Å². The summed E-state index contributed by atoms with van der Waals surface area (Å²) in [5.74, 6) is 0.169. The molecule has 1 fully saturated rings. The molecule has 0 bridgehead atoms. The summed E-state index contributed by atoms with van der Waals surface area (Å²) in [6.07, 6.45) is 0.918. The Kier molecular flexibility index (Phi) is 5.24. The van der Waals surface area contributed by atoms with Gasteiger partial charge in [-0.3, -0.25) is 4.79 Å². The third-order valence-electron chi connectivity index (χ3n) is 5.01. The van der Waals surface area contributed by atoms with Crippen LogP contribution in [0.2, 0.25) is 0 Å². The standard InChI is InChI=1S/C22H19N5O/c1-14-2-5-17(8-20(14)21(26)18(10-24)11-25)22(28)27-12-19(13-27)16-6-3-15(9-23)4-7-16/h2-8,10,19,24H,12-13,26H2,1H3/b21-18+,24-10?. The van der Waals surface area contributed by atoms with Crippen LogP contribution in [-0.2, 0) is 0 Å². The first-order valence-electron chi connectivity index (χ1n) is 8.79. The normalized spacial score (nSPS) is 14.3. The SMILES string of the molecule is Cc1ccc(C(=O)N2CC(c3ccc(C#N)cc3)C2)cc1/C(N)=C(\C#N)C=N. The highest BCUT2D eigenvalue weighted by atomic mass is 16.2. The Balaban J connectivity index is 1.76. The van der Waals surface area contributed by atoms with Gasteiger partial charge in [-0.2, -0.15) is 10.5 Å². The van der Waals surface area contributed by atoms with E-state index in [-0.39, 0.29) is 23.1 Å². The lowest BCUT2D eigenvalue weighted by molar-refractivity contribution is 0.0602. The number of allylic oxidation sites excluding steroid dienone is 1. The summed E-state index contributed by atoms with van der Waals surface area (Å²) >= 11 is 0. The first-order chi connectivity index (χ1) is 13.5. The smallest absolute Gasteiger partial charge is 0.253 e. The molecule has 0 radical (unpaired) electrons. The van der Waals surface area contributed by atoms with Gasteiger partial charge in [0.15, 0.2) is 0 Å². The summed E-state index contributed by atoms with van der Waals surface area (Å²) in [4.78, 5) is 14.6. The molecule has 2 aromatic rings. The van der Waals surface area contributed by atoms with E-state index in [1.165, 1.54) is 0 Å². The van der Waals surface area contributed by atoms with Gasteiger partial charge in [0.2, 0.25) is 0 Å². The van der Waals surface area contributed by atoms with Gasteiger partial charge in [0.05, 0.1) is 22.9 Å². The topological polar surface area (TPSA) is 118 Å². The highest BCUT2D eigenvalue weighted by Gasteiger charge is 2.32. The molecule has 6 nitrogen and oxygen atoms in total. The molecule has 0 unspecified atom stereocenters. The van der Waals surface area contributed by atoms with E-state index < -0.39 is 0 Å². The summed E-state index contributed by atoms with van der Waals surface area (Å²) in [6.45, 7) is 3.08. The number of likely N-dealkylation sites (tertiary alicyclic amines) is 1. The molecule has 0 atom stereocenters. The number of nitriles is 2. The summed E-state index contributed by atoms with van der Waals surface area (Å²) in [6, 6.07) is 16.7. The van der Waals surface area contributed by atoms with Gasteiger partial charge in [-0.05, 0) is 42.3 Å². The fourth-order valence-electron chi connectivity index (χ4n) is 3.23. The number of hydrogen-bond acceptors (Lipinski definition) is 5. The number of hydrogen-bond donors (Lipinski definition) is 2. The molecule has 2 aromatic carbocycles. The Labute approximate surface area is 163 Å². The van der Waals surface area contributed by atoms with Gasteiger partial charge in [-0.15, -0.1) is 0 Å². The highest BCUT2D eigenvalue weighted by molar-refractivity contribution is 5.98. The van der Waals surface area contributed by atoms with Crippen molar-refractivity contribution in [2.75, 3.05) is 13.1 Å². The molecule has 0 saturated carbocycles. The Morgan fingerprint density at radius 2 is 1.89 bits per heavy atom. The number of rotatable bonds is 4. The minimum Gasteiger partial charge on any atom is -0.397 e. The Morgan fingerprint density at radius 1 is 1.21 bits per heavy atom. The van der Waals surface area contributed by atoms with Crippen LogP contribution in [0.5, 0.6) is 0 Å². The maximum atomic E-state index is 12.8. The number of amides is 1. The monoisotopic (exact) mass is 369 g/mol. The maximum absolute atomic E-state index is 12.8. The minimum absolute atomic E-state index is 0.0672. The average molecular weight is 369 g/mol. The number of benzene rings is 2. The van der Waals surface area contributed by atoms with Crippen molar-refractivity contribution in [1.29, 1.82) is 15.9 Å². The number of aryl methyl sites for hydroxylation is 1. The number of nitrogens with one attached hydrogen (secondary N) is 1. The molecule has 0 spiro atoms. The first kappa shape index (κ1) is 18.9. The lowest BCUT2D eigenvalue weighted by Crippen LogP contribution is -2.48. The molecule has 1 amide bonds. The Hall–Kier alpha value is -3.90. The Morgan fingerprint density at radius 3 is 2.46 bits per heavy atom. The molecule has 6 heteroatoms. The molecular formula is C22H19N5O. The maximum Gasteiger partial charge on any atom is 0.253 e. The fourth-order valence-corrected chi connectivity index (χ4v) is 3.23. The zero-order valence-corrected chi connectivity index (χ0v) is 15.4. The van der Waals surface area contributed by atoms with Crippen LogP contribution in [0.25, 0.3) is 5.70 Å². The summed E-state index contributed by atoms with van der Waals surface area (Å²) < 4.78 is 0. The molecule has 0 aliphatic carbocycles. The quantitative estimate of drug-likeness (QED) is 0.636. The summed E-state index contributed by atoms with van der Waals surface area (Å²) in [5, 5.41) is 25.3. The molecule has 0 aromatic heterocycles. The van der Waals surface area contributed by atoms with Crippen LogP contribution in [0.3, 0.4) is 0 Å². The second kappa shape index (κ2) is 7.77. The van der Waals surface area contributed by atoms with Crippen molar-refractivity contribution < 1.29 is 4.79 Å².